The first-order chi connectivity index (χ1) is 15.3. The second kappa shape index (κ2) is 10.1. The van der Waals surface area contributed by atoms with Crippen LogP contribution in [0.5, 0.6) is 0 Å². The van der Waals surface area contributed by atoms with E-state index in [4.69, 9.17) is 14.2 Å². The Bertz CT molecular complexity index is 896. The molecule has 0 aromatic heterocycles. The lowest BCUT2D eigenvalue weighted by Crippen LogP contribution is -2.65. The van der Waals surface area contributed by atoms with Crippen LogP contribution in [0, 0.1) is 5.92 Å². The van der Waals surface area contributed by atoms with Crippen LogP contribution < -0.4 is 0 Å². The van der Waals surface area contributed by atoms with Gasteiger partial charge in [-0.25, -0.2) is 9.59 Å². The van der Waals surface area contributed by atoms with Gasteiger partial charge in [0.15, 0.2) is 0 Å². The second-order valence-electron chi connectivity index (χ2n) is 8.30. The maximum absolute atomic E-state index is 12.8. The Kier molecular flexibility index (Phi) is 7.52. The van der Waals surface area contributed by atoms with Crippen LogP contribution in [0.2, 0.25) is 0 Å². The maximum Gasteiger partial charge on any atom is 0.410 e. The number of rotatable bonds is 8. The number of likely N-dealkylation sites (N-methyl/N-ethyl adjacent to an activating group) is 1. The number of carbonyl (C=O) groups is 3. The van der Waals surface area contributed by atoms with E-state index in [2.05, 4.69) is 0 Å². The molecule has 1 aromatic carbocycles. The quantitative estimate of drug-likeness (QED) is 0.651. The standard InChI is InChI=1S/C23H30N2O7/c1-14(11-30-3)12-32-13-15-5-7-16(8-6-15)17-9-18-21(26)24(2)10-19(20(17)22(27)28)25(18)23(29)31-4/h5-8,14,18-19H,9-13H2,1-4H3,(H,27,28)/t14-,18?,19?/m0/s1. The number of hydrogen-bond donors (Lipinski definition) is 1. The van der Waals surface area contributed by atoms with E-state index in [1.54, 1.807) is 14.2 Å². The molecule has 3 atom stereocenters. The van der Waals surface area contributed by atoms with Gasteiger partial charge in [-0.1, -0.05) is 31.2 Å². The number of ether oxygens (including phenoxy) is 3. The third-order valence-corrected chi connectivity index (χ3v) is 5.88. The van der Waals surface area contributed by atoms with Crippen molar-refractivity contribution in [2.24, 2.45) is 5.92 Å². The normalized spacial score (nSPS) is 21.6. The molecule has 3 rings (SSSR count). The van der Waals surface area contributed by atoms with E-state index in [0.717, 1.165) is 11.1 Å². The lowest BCUT2D eigenvalue weighted by atomic mass is 9.81. The van der Waals surface area contributed by atoms with Crippen LogP contribution in [0.3, 0.4) is 0 Å². The summed E-state index contributed by atoms with van der Waals surface area (Å²) in [7, 11) is 4.50. The maximum atomic E-state index is 12.8. The topological polar surface area (TPSA) is 106 Å². The third-order valence-electron chi connectivity index (χ3n) is 5.88. The number of nitrogens with zero attached hydrogens (tertiary/aromatic N) is 2. The lowest BCUT2D eigenvalue weighted by molar-refractivity contribution is -0.144. The van der Waals surface area contributed by atoms with Crippen molar-refractivity contribution >= 4 is 23.5 Å². The summed E-state index contributed by atoms with van der Waals surface area (Å²) in [6.45, 7) is 3.78. The van der Waals surface area contributed by atoms with Crippen LogP contribution in [0.25, 0.3) is 5.57 Å². The van der Waals surface area contributed by atoms with E-state index in [1.807, 2.05) is 31.2 Å². The van der Waals surface area contributed by atoms with Gasteiger partial charge >= 0.3 is 12.1 Å². The highest BCUT2D eigenvalue weighted by molar-refractivity contribution is 6.02. The molecule has 1 fully saturated rings. The molecule has 2 aliphatic rings. The lowest BCUT2D eigenvalue weighted by Gasteiger charge is -2.48. The zero-order valence-corrected chi connectivity index (χ0v) is 18.9. The van der Waals surface area contributed by atoms with Gasteiger partial charge < -0.3 is 24.2 Å². The highest BCUT2D eigenvalue weighted by Gasteiger charge is 2.50. The average Bonchev–Trinajstić information content (AvgIpc) is 2.76. The van der Waals surface area contributed by atoms with Crippen LogP contribution in [-0.2, 0) is 30.4 Å². The van der Waals surface area contributed by atoms with Gasteiger partial charge in [-0.2, -0.15) is 0 Å². The summed E-state index contributed by atoms with van der Waals surface area (Å²) >= 11 is 0. The first-order valence-electron chi connectivity index (χ1n) is 10.5. The van der Waals surface area contributed by atoms with Crippen LogP contribution in [0.1, 0.15) is 24.5 Å². The minimum atomic E-state index is -1.11. The van der Waals surface area contributed by atoms with Crippen LogP contribution in [0.4, 0.5) is 4.79 Å². The number of hydrogen-bond acceptors (Lipinski definition) is 6. The van der Waals surface area contributed by atoms with Gasteiger partial charge in [0.25, 0.3) is 0 Å². The van der Waals surface area contributed by atoms with E-state index >= 15 is 0 Å². The van der Waals surface area contributed by atoms with Crippen molar-refractivity contribution in [3.8, 4) is 0 Å². The fourth-order valence-corrected chi connectivity index (χ4v) is 4.37. The van der Waals surface area contributed by atoms with Gasteiger partial charge in [0.1, 0.15) is 6.04 Å². The molecule has 0 aliphatic carbocycles. The molecular weight excluding hydrogens is 416 g/mol. The molecule has 1 N–H and O–H groups in total. The Labute approximate surface area is 187 Å². The number of carbonyl (C=O) groups excluding carboxylic acids is 2. The van der Waals surface area contributed by atoms with Crippen LogP contribution >= 0.6 is 0 Å². The zero-order valence-electron chi connectivity index (χ0n) is 18.9. The summed E-state index contributed by atoms with van der Waals surface area (Å²) in [4.78, 5) is 40.1. The highest BCUT2D eigenvalue weighted by Crippen LogP contribution is 2.39. The molecule has 174 valence electrons. The summed E-state index contributed by atoms with van der Waals surface area (Å²) in [5, 5.41) is 10.0. The van der Waals surface area contributed by atoms with E-state index in [9.17, 15) is 19.5 Å². The molecule has 0 saturated carbocycles. The molecular formula is C23H30N2O7. The monoisotopic (exact) mass is 446 g/mol. The summed E-state index contributed by atoms with van der Waals surface area (Å²) < 4.78 is 15.7. The predicted molar refractivity (Wildman–Crippen MR) is 116 cm³/mol. The van der Waals surface area contributed by atoms with E-state index in [1.165, 1.54) is 16.9 Å². The number of carboxylic acids is 1. The van der Waals surface area contributed by atoms with Gasteiger partial charge in [0.2, 0.25) is 5.91 Å². The first kappa shape index (κ1) is 23.7. The van der Waals surface area contributed by atoms with Gasteiger partial charge in [-0.05, 0) is 16.7 Å². The Morgan fingerprint density at radius 1 is 1.16 bits per heavy atom. The number of piperazine rings is 1. The molecule has 2 bridgehead atoms. The van der Waals surface area contributed by atoms with Gasteiger partial charge in [0, 0.05) is 33.0 Å². The van der Waals surface area contributed by atoms with Crippen molar-refractivity contribution in [3.63, 3.8) is 0 Å². The smallest absolute Gasteiger partial charge is 0.410 e. The Balaban J connectivity index is 1.87. The highest BCUT2D eigenvalue weighted by atomic mass is 16.5. The summed E-state index contributed by atoms with van der Waals surface area (Å²) in [5.41, 5.74) is 2.35. The Hall–Kier alpha value is -2.91. The Morgan fingerprint density at radius 2 is 1.84 bits per heavy atom. The largest absolute Gasteiger partial charge is 0.478 e. The number of amides is 2. The van der Waals surface area contributed by atoms with Gasteiger partial charge in [0.05, 0.1) is 38.5 Å². The number of methoxy groups -OCH3 is 2. The number of benzene rings is 1. The molecule has 2 unspecified atom stereocenters. The van der Waals surface area contributed by atoms with Gasteiger partial charge in [-0.15, -0.1) is 0 Å². The predicted octanol–water partition coefficient (Wildman–Crippen LogP) is 2.01. The summed E-state index contributed by atoms with van der Waals surface area (Å²) in [5.74, 6) is -1.05. The summed E-state index contributed by atoms with van der Waals surface area (Å²) in [6.07, 6.45) is -0.588. The third kappa shape index (κ3) is 4.78. The van der Waals surface area contributed by atoms with E-state index < -0.39 is 24.1 Å². The van der Waals surface area contributed by atoms with E-state index in [-0.39, 0.29) is 30.4 Å². The van der Waals surface area contributed by atoms with Crippen LogP contribution in [0.15, 0.2) is 29.8 Å². The minimum Gasteiger partial charge on any atom is -0.478 e. The Morgan fingerprint density at radius 3 is 2.44 bits per heavy atom. The molecule has 2 heterocycles. The van der Waals surface area contributed by atoms with Crippen molar-refractivity contribution < 1.29 is 33.7 Å². The SMILES string of the molecule is COC[C@H](C)COCc1ccc(C2=C(C(=O)O)C3CN(C)C(=O)C(C2)N3C(=O)OC)cc1. The van der Waals surface area contributed by atoms with Crippen molar-refractivity contribution in [2.75, 3.05) is 41.0 Å². The average molecular weight is 447 g/mol. The fraction of sp³-hybridized carbons (Fsp3) is 0.522. The van der Waals surface area contributed by atoms with E-state index in [0.29, 0.717) is 25.4 Å². The van der Waals surface area contributed by atoms with Crippen molar-refractivity contribution in [2.45, 2.75) is 32.0 Å². The number of aliphatic carboxylic acids is 1. The number of carboxylic acid groups (broad SMARTS) is 1. The van der Waals surface area contributed by atoms with Crippen molar-refractivity contribution in [3.05, 3.63) is 41.0 Å². The molecule has 2 aliphatic heterocycles. The van der Waals surface area contributed by atoms with Crippen molar-refractivity contribution in [1.29, 1.82) is 0 Å². The molecule has 9 nitrogen and oxygen atoms in total. The zero-order chi connectivity index (χ0) is 23.4. The molecule has 0 spiro atoms. The first-order valence-corrected chi connectivity index (χ1v) is 10.5. The fourth-order valence-electron chi connectivity index (χ4n) is 4.37. The summed E-state index contributed by atoms with van der Waals surface area (Å²) in [6, 6.07) is 5.88. The molecule has 32 heavy (non-hydrogen) atoms. The van der Waals surface area contributed by atoms with Crippen LogP contribution in [-0.4, -0.2) is 86.0 Å². The van der Waals surface area contributed by atoms with Gasteiger partial charge in [-0.3, -0.25) is 9.69 Å². The molecule has 0 radical (unpaired) electrons. The second-order valence-corrected chi connectivity index (χ2v) is 8.30. The molecule has 2 amide bonds. The molecule has 1 aromatic rings. The number of fused-ring (bicyclic) bond motifs is 2. The minimum absolute atomic E-state index is 0.0984. The van der Waals surface area contributed by atoms with Crippen molar-refractivity contribution in [1.82, 2.24) is 9.80 Å². The molecule has 1 saturated heterocycles. The molecule has 9 heteroatoms.